The van der Waals surface area contributed by atoms with Gasteiger partial charge in [-0.05, 0) is 0 Å². The molecule has 0 saturated heterocycles. The van der Waals surface area contributed by atoms with Crippen LogP contribution in [0.2, 0.25) is 0 Å². The molecule has 0 aliphatic heterocycles. The van der Waals surface area contributed by atoms with Gasteiger partial charge in [0.25, 0.3) is 0 Å². The summed E-state index contributed by atoms with van der Waals surface area (Å²) in [5.74, 6) is -8.55. The molecule has 0 amide bonds. The maximum atomic E-state index is 11.4. The van der Waals surface area contributed by atoms with Crippen LogP contribution in [0.15, 0.2) is 0 Å². The third-order valence-electron chi connectivity index (χ3n) is 3.00. The van der Waals surface area contributed by atoms with Gasteiger partial charge in [-0.15, -0.1) is 0 Å². The quantitative estimate of drug-likeness (QED) is 0.200. The van der Waals surface area contributed by atoms with Crippen LogP contribution < -0.4 is 0 Å². The fourth-order valence-electron chi connectivity index (χ4n) is 1.37. The van der Waals surface area contributed by atoms with Gasteiger partial charge in [0.15, 0.2) is 25.7 Å². The van der Waals surface area contributed by atoms with Gasteiger partial charge in [-0.2, -0.15) is 52.7 Å². The minimum atomic E-state index is -4.72. The minimum Gasteiger partial charge on any atom is -0.283 e. The summed E-state index contributed by atoms with van der Waals surface area (Å²) in [6.07, 6.45) is -22.2. The van der Waals surface area contributed by atoms with Gasteiger partial charge >= 0.3 is 71.0 Å². The molecule has 41 heavy (non-hydrogen) atoms. The van der Waals surface area contributed by atoms with Crippen LogP contribution in [-0.2, 0) is 26.2 Å². The average molecular weight is 716 g/mol. The smallest absolute Gasteiger partial charge is 0.283 e. The predicted molar refractivity (Wildman–Crippen MR) is 121 cm³/mol. The molecule has 0 aliphatic rings. The Morgan fingerprint density at radius 1 is 0.341 bits per heavy atom. The molecule has 21 heteroatoms. The Balaban J connectivity index is -0.000000139. The molecule has 0 aliphatic carbocycles. The van der Waals surface area contributed by atoms with E-state index in [-0.39, 0.29) is 26.2 Å². The van der Waals surface area contributed by atoms with Gasteiger partial charge < -0.3 is 0 Å². The fourth-order valence-corrected chi connectivity index (χ4v) is 1.37. The largest absolute Gasteiger partial charge is 0.505 e. The first-order chi connectivity index (χ1) is 17.3. The summed E-state index contributed by atoms with van der Waals surface area (Å²) >= 11 is 0. The zero-order valence-electron chi connectivity index (χ0n) is 21.4. The van der Waals surface area contributed by atoms with E-state index in [1.54, 1.807) is 0 Å². The van der Waals surface area contributed by atoms with Gasteiger partial charge in [0.05, 0.1) is 0 Å². The molecule has 0 unspecified atom stereocenters. The number of carbonyl (C=O) groups excluding carboxylic acids is 8. The van der Waals surface area contributed by atoms with E-state index in [2.05, 4.69) is 0 Å². The molecule has 236 valence electrons. The zero-order valence-corrected chi connectivity index (χ0v) is 23.9. The summed E-state index contributed by atoms with van der Waals surface area (Å²) in [5, 5.41) is 0. The van der Waals surface area contributed by atoms with Crippen molar-refractivity contribution in [3.8, 4) is 0 Å². The molecule has 0 radical (unpaired) electrons. The predicted octanol–water partition coefficient (Wildman–Crippen LogP) is 4.19. The maximum Gasteiger partial charge on any atom is 0.505 e. The van der Waals surface area contributed by atoms with Gasteiger partial charge in [-0.1, -0.05) is 0 Å². The van der Waals surface area contributed by atoms with Crippen LogP contribution in [0.25, 0.3) is 0 Å². The average Bonchev–Trinajstić information content (AvgIpc) is 2.64. The van der Waals surface area contributed by atoms with Crippen LogP contribution in [0.1, 0.15) is 53.4 Å². The van der Waals surface area contributed by atoms with Crippen molar-refractivity contribution in [2.45, 2.75) is 78.1 Å². The van der Waals surface area contributed by atoms with Crippen LogP contribution >= 0.6 is 0 Å². The van der Waals surface area contributed by atoms with Crippen LogP contribution in [0.5, 0.6) is 0 Å². The van der Waals surface area contributed by atoms with Crippen molar-refractivity contribution in [2.75, 3.05) is 0 Å². The van der Waals surface area contributed by atoms with E-state index in [1.807, 2.05) is 0 Å². The Bertz CT molecular complexity index is 794. The molecule has 0 fully saturated rings. The summed E-state index contributed by atoms with van der Waals surface area (Å²) in [6, 6.07) is 0. The molecule has 0 aromatic heterocycles. The van der Waals surface area contributed by atoms with Gasteiger partial charge in [0.2, 0.25) is 0 Å². The first kappa shape index (κ1) is 48.2. The molecule has 0 saturated carbocycles. The van der Waals surface area contributed by atoms with Crippen molar-refractivity contribution in [1.82, 2.24) is 0 Å². The number of hydrogen-bond donors (Lipinski definition) is 0. The van der Waals surface area contributed by atoms with E-state index < -0.39 is 96.7 Å². The Kier molecular flexibility index (Phi) is 23.9. The van der Waals surface area contributed by atoms with E-state index in [4.69, 9.17) is 38.4 Å². The second-order valence-electron chi connectivity index (χ2n) is 7.43. The zero-order chi connectivity index (χ0) is 33.4. The number of alkyl halides is 12. The van der Waals surface area contributed by atoms with Crippen molar-refractivity contribution in [1.29, 1.82) is 0 Å². The van der Waals surface area contributed by atoms with Crippen molar-refractivity contribution in [3.63, 3.8) is 0 Å². The molecule has 0 aromatic rings. The molecule has 8 nitrogen and oxygen atoms in total. The van der Waals surface area contributed by atoms with Crippen molar-refractivity contribution in [2.24, 2.45) is 0 Å². The topological polar surface area (TPSA) is 171 Å². The summed E-state index contributed by atoms with van der Waals surface area (Å²) in [5.41, 5.74) is 0. The summed E-state index contributed by atoms with van der Waals surface area (Å²) in [7, 11) is 0. The molecule has 0 heterocycles. The van der Waals surface area contributed by atoms with Gasteiger partial charge in [-0.25, -0.2) is 0 Å². The Labute approximate surface area is 241 Å². The third-order valence-corrected chi connectivity index (χ3v) is 3.00. The maximum absolute atomic E-state index is 11.4. The Morgan fingerprint density at radius 2 is 0.439 bits per heavy atom. The Morgan fingerprint density at radius 3 is 0.463 bits per heavy atom. The van der Waals surface area contributed by atoms with Crippen molar-refractivity contribution < 1.29 is 117 Å². The van der Waals surface area contributed by atoms with Crippen LogP contribution in [-0.4, -0.2) is 109 Å². The van der Waals surface area contributed by atoms with E-state index in [9.17, 15) is 52.7 Å². The molecule has 8 N–H and O–H groups in total. The molecular weight excluding hydrogens is 687 g/mol. The van der Waals surface area contributed by atoms with Crippen molar-refractivity contribution >= 4 is 46.3 Å². The summed E-state index contributed by atoms with van der Waals surface area (Å²) in [6.45, 7) is 4.34. The summed E-state index contributed by atoms with van der Waals surface area (Å²) in [4.78, 5) is 66.0. The molecule has 0 spiro atoms. The van der Waals surface area contributed by atoms with Crippen molar-refractivity contribution in [3.05, 3.63) is 0 Å². The van der Waals surface area contributed by atoms with E-state index in [0.717, 1.165) is 27.7 Å². The van der Waals surface area contributed by atoms with E-state index in [0.29, 0.717) is 0 Å². The van der Waals surface area contributed by atoms with Gasteiger partial charge in [0.1, 0.15) is 0 Å². The van der Waals surface area contributed by atoms with Crippen LogP contribution in [0, 0.1) is 0 Å². The first-order valence-corrected chi connectivity index (χ1v) is 9.89. The van der Waals surface area contributed by atoms with Crippen LogP contribution in [0.4, 0.5) is 52.7 Å². The second-order valence-corrected chi connectivity index (χ2v) is 7.43. The molecule has 0 atom stereocenters. The molecular formula is C20H28F12O8Zr+8. The molecule has 0 aromatic carbocycles. The number of halogens is 12. The van der Waals surface area contributed by atoms with E-state index in [1.165, 1.54) is 0 Å². The molecule has 0 rings (SSSR count). The fraction of sp³-hybridized carbons (Fsp3) is 0.600. The van der Waals surface area contributed by atoms with E-state index >= 15 is 0 Å². The SMILES string of the molecule is CC(=[OH+])CC(=[OH+])C(F)(F)F.CC(=[OH+])CC(=[OH+])C(F)(F)F.CC(=[OH+])CC(=[OH+])C(F)(F)F.CC(=[OH+])CC(=[OH+])C(F)(F)F.[Zr]. The summed E-state index contributed by atoms with van der Waals surface area (Å²) < 4.78 is 137. The first-order valence-electron chi connectivity index (χ1n) is 9.89. The Hall–Kier alpha value is -2.60. The normalized spacial score (nSPS) is 10.9. The van der Waals surface area contributed by atoms with Crippen LogP contribution in [0.3, 0.4) is 0 Å². The number of hydrogen-bond acceptors (Lipinski definition) is 0. The van der Waals surface area contributed by atoms with Gasteiger partial charge in [-0.3, -0.25) is 38.4 Å². The minimum absolute atomic E-state index is 0. The number of ketones is 8. The standard InChI is InChI=1S/4C5H5F3O2.Zr/c4*1-3(9)2-4(10)5(6,7)8;/h4*2H2,1H3;/p+8. The molecule has 0 bridgehead atoms. The number of rotatable bonds is 8. The van der Waals surface area contributed by atoms with Gasteiger partial charge in [0, 0.05) is 53.9 Å². The third kappa shape index (κ3) is 33.5. The second kappa shape index (κ2) is 20.3. The monoisotopic (exact) mass is 714 g/mol.